The molecule has 0 saturated heterocycles. The molecule has 7 nitrogen and oxygen atoms in total. The second kappa shape index (κ2) is 9.95. The molecule has 30 heavy (non-hydrogen) atoms. The topological polar surface area (TPSA) is 89.5 Å². The highest BCUT2D eigenvalue weighted by Crippen LogP contribution is 2.29. The zero-order valence-electron chi connectivity index (χ0n) is 16.4. The van der Waals surface area contributed by atoms with Gasteiger partial charge in [0.1, 0.15) is 22.3 Å². The van der Waals surface area contributed by atoms with Crippen molar-refractivity contribution in [3.05, 3.63) is 64.9 Å². The van der Waals surface area contributed by atoms with Crippen LogP contribution in [0.4, 0.5) is 20.6 Å². The van der Waals surface area contributed by atoms with Gasteiger partial charge in [-0.1, -0.05) is 6.07 Å². The molecule has 3 rings (SSSR count). The van der Waals surface area contributed by atoms with E-state index in [9.17, 15) is 14.0 Å². The van der Waals surface area contributed by atoms with Crippen LogP contribution in [-0.2, 0) is 9.47 Å². The summed E-state index contributed by atoms with van der Waals surface area (Å²) in [6, 6.07) is 12.6. The second-order valence-corrected chi connectivity index (χ2v) is 7.23. The molecule has 2 N–H and O–H groups in total. The SMILES string of the molecule is COCCOC(=O)Nc1cccc(NC(=O)c2sc(-c3ccc(F)cc3)nc2C)c1. The number of hydrogen-bond donors (Lipinski definition) is 2. The average molecular weight is 429 g/mol. The van der Waals surface area contributed by atoms with Crippen LogP contribution in [0.1, 0.15) is 15.4 Å². The zero-order chi connectivity index (χ0) is 21.5. The molecule has 0 atom stereocenters. The first-order chi connectivity index (χ1) is 14.5. The Hall–Kier alpha value is -3.30. The number of methoxy groups -OCH3 is 1. The molecule has 0 fully saturated rings. The molecule has 9 heteroatoms. The standard InChI is InChI=1S/C21H20FN3O4S/c1-13-18(30-20(23-13)14-6-8-15(22)9-7-14)19(26)24-16-4-3-5-17(12-16)25-21(27)29-11-10-28-2/h3-9,12H,10-11H2,1-2H3,(H,24,26)(H,25,27). The summed E-state index contributed by atoms with van der Waals surface area (Å²) in [5, 5.41) is 6.02. The van der Waals surface area contributed by atoms with Gasteiger partial charge in [-0.3, -0.25) is 10.1 Å². The van der Waals surface area contributed by atoms with Crippen LogP contribution in [0.5, 0.6) is 0 Å². The van der Waals surface area contributed by atoms with Gasteiger partial charge in [-0.15, -0.1) is 11.3 Å². The van der Waals surface area contributed by atoms with Gasteiger partial charge in [0.2, 0.25) is 0 Å². The smallest absolute Gasteiger partial charge is 0.411 e. The monoisotopic (exact) mass is 429 g/mol. The van der Waals surface area contributed by atoms with Crippen molar-refractivity contribution < 1.29 is 23.5 Å². The first kappa shape index (κ1) is 21.4. The maximum Gasteiger partial charge on any atom is 0.411 e. The van der Waals surface area contributed by atoms with Crippen molar-refractivity contribution in [1.29, 1.82) is 0 Å². The number of carbonyl (C=O) groups excluding carboxylic acids is 2. The van der Waals surface area contributed by atoms with Crippen molar-refractivity contribution in [2.75, 3.05) is 31.0 Å². The van der Waals surface area contributed by atoms with Gasteiger partial charge in [-0.2, -0.15) is 0 Å². The third kappa shape index (κ3) is 5.62. The van der Waals surface area contributed by atoms with Crippen LogP contribution in [-0.4, -0.2) is 37.3 Å². The number of ether oxygens (including phenoxy) is 2. The average Bonchev–Trinajstić information content (AvgIpc) is 3.11. The lowest BCUT2D eigenvalue weighted by Gasteiger charge is -2.09. The maximum atomic E-state index is 13.1. The van der Waals surface area contributed by atoms with Crippen molar-refractivity contribution in [2.24, 2.45) is 0 Å². The lowest BCUT2D eigenvalue weighted by Crippen LogP contribution is -2.16. The fraction of sp³-hybridized carbons (Fsp3) is 0.190. The van der Waals surface area contributed by atoms with E-state index in [1.165, 1.54) is 30.6 Å². The second-order valence-electron chi connectivity index (χ2n) is 6.23. The van der Waals surface area contributed by atoms with Crippen LogP contribution in [0.2, 0.25) is 0 Å². The molecule has 0 unspecified atom stereocenters. The normalized spacial score (nSPS) is 10.5. The molecule has 0 aliphatic carbocycles. The van der Waals surface area contributed by atoms with Crippen molar-refractivity contribution in [2.45, 2.75) is 6.92 Å². The number of amides is 2. The summed E-state index contributed by atoms with van der Waals surface area (Å²) < 4.78 is 22.9. The molecule has 2 aromatic carbocycles. The van der Waals surface area contributed by atoms with Crippen LogP contribution >= 0.6 is 11.3 Å². The zero-order valence-corrected chi connectivity index (χ0v) is 17.2. The summed E-state index contributed by atoms with van der Waals surface area (Å²) in [6.07, 6.45) is -0.613. The van der Waals surface area contributed by atoms with Crippen molar-refractivity contribution in [1.82, 2.24) is 4.98 Å². The van der Waals surface area contributed by atoms with Crippen LogP contribution in [0.15, 0.2) is 48.5 Å². The fourth-order valence-electron chi connectivity index (χ4n) is 2.56. The van der Waals surface area contributed by atoms with E-state index in [1.807, 2.05) is 0 Å². The van der Waals surface area contributed by atoms with E-state index in [0.717, 1.165) is 5.56 Å². The number of hydrogen-bond acceptors (Lipinski definition) is 6. The highest BCUT2D eigenvalue weighted by atomic mass is 32.1. The van der Waals surface area contributed by atoms with E-state index in [2.05, 4.69) is 15.6 Å². The Morgan fingerprint density at radius 1 is 1.07 bits per heavy atom. The van der Waals surface area contributed by atoms with Crippen LogP contribution in [0.3, 0.4) is 0 Å². The molecule has 1 aromatic heterocycles. The van der Waals surface area contributed by atoms with Crippen LogP contribution in [0, 0.1) is 12.7 Å². The maximum absolute atomic E-state index is 13.1. The molecule has 0 aliphatic rings. The van der Waals surface area contributed by atoms with Crippen molar-refractivity contribution in [3.63, 3.8) is 0 Å². The Morgan fingerprint density at radius 3 is 2.47 bits per heavy atom. The first-order valence-electron chi connectivity index (χ1n) is 9.04. The van der Waals surface area contributed by atoms with Crippen LogP contribution < -0.4 is 10.6 Å². The molecule has 0 radical (unpaired) electrons. The molecule has 2 amide bonds. The quantitative estimate of drug-likeness (QED) is 0.531. The van der Waals surface area contributed by atoms with E-state index in [4.69, 9.17) is 9.47 Å². The van der Waals surface area contributed by atoms with E-state index in [-0.39, 0.29) is 18.3 Å². The van der Waals surface area contributed by atoms with Gasteiger partial charge in [0.05, 0.1) is 12.3 Å². The Bertz CT molecular complexity index is 1040. The molecule has 1 heterocycles. The summed E-state index contributed by atoms with van der Waals surface area (Å²) in [6.45, 7) is 2.18. The van der Waals surface area contributed by atoms with Gasteiger partial charge in [-0.25, -0.2) is 14.2 Å². The number of thiazole rings is 1. The van der Waals surface area contributed by atoms with Crippen molar-refractivity contribution >= 4 is 34.7 Å². The van der Waals surface area contributed by atoms with Crippen molar-refractivity contribution in [3.8, 4) is 10.6 Å². The van der Waals surface area contributed by atoms with E-state index in [1.54, 1.807) is 43.3 Å². The minimum atomic E-state index is -0.613. The first-order valence-corrected chi connectivity index (χ1v) is 9.85. The summed E-state index contributed by atoms with van der Waals surface area (Å²) in [7, 11) is 1.51. The number of nitrogens with one attached hydrogen (secondary N) is 2. The number of benzene rings is 2. The minimum absolute atomic E-state index is 0.139. The minimum Gasteiger partial charge on any atom is -0.447 e. The Kier molecular flexibility index (Phi) is 7.10. The number of aryl methyl sites for hydroxylation is 1. The highest BCUT2D eigenvalue weighted by molar-refractivity contribution is 7.17. The molecular weight excluding hydrogens is 409 g/mol. The summed E-state index contributed by atoms with van der Waals surface area (Å²) in [5.74, 6) is -0.653. The largest absolute Gasteiger partial charge is 0.447 e. The number of carbonyl (C=O) groups is 2. The molecule has 0 saturated carbocycles. The van der Waals surface area contributed by atoms with Gasteiger partial charge >= 0.3 is 6.09 Å². The lowest BCUT2D eigenvalue weighted by atomic mass is 10.2. The van der Waals surface area contributed by atoms with Gasteiger partial charge in [0.15, 0.2) is 0 Å². The Morgan fingerprint density at radius 2 is 1.77 bits per heavy atom. The summed E-state index contributed by atoms with van der Waals surface area (Å²) in [5.41, 5.74) is 2.30. The number of aromatic nitrogens is 1. The Labute approximate surface area is 176 Å². The lowest BCUT2D eigenvalue weighted by molar-refractivity contribution is 0.102. The number of halogens is 1. The predicted octanol–water partition coefficient (Wildman–Crippen LogP) is 4.70. The third-order valence-electron chi connectivity index (χ3n) is 3.98. The highest BCUT2D eigenvalue weighted by Gasteiger charge is 2.17. The number of rotatable bonds is 7. The fourth-order valence-corrected chi connectivity index (χ4v) is 3.52. The molecule has 0 bridgehead atoms. The molecular formula is C21H20FN3O4S. The van der Waals surface area contributed by atoms with Gasteiger partial charge in [0, 0.05) is 24.0 Å². The van der Waals surface area contributed by atoms with Gasteiger partial charge < -0.3 is 14.8 Å². The van der Waals surface area contributed by atoms with E-state index in [0.29, 0.717) is 33.6 Å². The van der Waals surface area contributed by atoms with E-state index < -0.39 is 6.09 Å². The van der Waals surface area contributed by atoms with Gasteiger partial charge in [-0.05, 0) is 49.4 Å². The molecule has 0 spiro atoms. The number of anilines is 2. The predicted molar refractivity (Wildman–Crippen MR) is 113 cm³/mol. The molecule has 3 aromatic rings. The third-order valence-corrected chi connectivity index (χ3v) is 5.19. The number of nitrogens with zero attached hydrogens (tertiary/aromatic N) is 1. The summed E-state index contributed by atoms with van der Waals surface area (Å²) in [4.78, 5) is 29.3. The van der Waals surface area contributed by atoms with E-state index >= 15 is 0 Å². The summed E-state index contributed by atoms with van der Waals surface area (Å²) >= 11 is 1.22. The Balaban J connectivity index is 1.67. The molecule has 0 aliphatic heterocycles. The van der Waals surface area contributed by atoms with Gasteiger partial charge in [0.25, 0.3) is 5.91 Å². The van der Waals surface area contributed by atoms with Crippen LogP contribution in [0.25, 0.3) is 10.6 Å². The molecule has 156 valence electrons.